The van der Waals surface area contributed by atoms with Gasteiger partial charge in [0.15, 0.2) is 0 Å². The minimum absolute atomic E-state index is 0.0762. The first-order chi connectivity index (χ1) is 11.9. The number of amides is 2. The zero-order chi connectivity index (χ0) is 18.1. The van der Waals surface area contributed by atoms with E-state index in [2.05, 4.69) is 5.32 Å². The molecule has 0 aromatic heterocycles. The molecule has 1 heterocycles. The molecular weight excluding hydrogens is 346 g/mol. The lowest BCUT2D eigenvalue weighted by Crippen LogP contribution is -2.25. The molecule has 0 atom stereocenters. The number of nitrogens with one attached hydrogen (secondary N) is 1. The molecule has 128 valence electrons. The summed E-state index contributed by atoms with van der Waals surface area (Å²) in [6, 6.07) is 9.04. The molecule has 0 unspecified atom stereocenters. The van der Waals surface area contributed by atoms with E-state index in [-0.39, 0.29) is 22.2 Å². The van der Waals surface area contributed by atoms with Crippen LogP contribution in [-0.4, -0.2) is 23.3 Å². The zero-order valence-electron chi connectivity index (χ0n) is 13.3. The molecule has 1 N–H and O–H groups in total. The summed E-state index contributed by atoms with van der Waals surface area (Å²) >= 11 is 5.85. The average molecular weight is 360 g/mol. The van der Waals surface area contributed by atoms with Crippen LogP contribution in [0.1, 0.15) is 22.8 Å². The van der Waals surface area contributed by atoms with Crippen LogP contribution in [0.15, 0.2) is 36.4 Å². The summed E-state index contributed by atoms with van der Waals surface area (Å²) < 4.78 is 0. The Balaban J connectivity index is 1.90. The third-order valence-corrected chi connectivity index (χ3v) is 4.25. The fourth-order valence-electron chi connectivity index (χ4n) is 2.83. The molecule has 1 aliphatic heterocycles. The number of hydrogen-bond donors (Lipinski definition) is 1. The smallest absolute Gasteiger partial charge is 0.282 e. The van der Waals surface area contributed by atoms with E-state index in [4.69, 9.17) is 11.6 Å². The molecule has 0 saturated heterocycles. The Morgan fingerprint density at radius 3 is 2.68 bits per heavy atom. The van der Waals surface area contributed by atoms with Gasteiger partial charge in [0, 0.05) is 35.9 Å². The van der Waals surface area contributed by atoms with Gasteiger partial charge in [0.2, 0.25) is 5.91 Å². The van der Waals surface area contributed by atoms with Crippen LogP contribution >= 0.6 is 11.6 Å². The summed E-state index contributed by atoms with van der Waals surface area (Å²) in [6.45, 7) is 2.08. The number of anilines is 2. The first-order valence-corrected chi connectivity index (χ1v) is 7.91. The summed E-state index contributed by atoms with van der Waals surface area (Å²) in [4.78, 5) is 36.2. The Morgan fingerprint density at radius 1 is 1.24 bits per heavy atom. The highest BCUT2D eigenvalue weighted by Gasteiger charge is 2.24. The first kappa shape index (κ1) is 16.9. The highest BCUT2D eigenvalue weighted by atomic mass is 35.5. The van der Waals surface area contributed by atoms with Crippen molar-refractivity contribution in [2.24, 2.45) is 0 Å². The largest absolute Gasteiger partial charge is 0.322 e. The van der Waals surface area contributed by atoms with E-state index in [0.717, 1.165) is 17.7 Å². The van der Waals surface area contributed by atoms with Crippen LogP contribution in [0, 0.1) is 10.1 Å². The molecule has 2 amide bonds. The van der Waals surface area contributed by atoms with Crippen molar-refractivity contribution in [2.75, 3.05) is 16.8 Å². The van der Waals surface area contributed by atoms with E-state index in [1.807, 2.05) is 6.07 Å². The third-order valence-electron chi connectivity index (χ3n) is 4.02. The topological polar surface area (TPSA) is 92.6 Å². The second-order valence-corrected chi connectivity index (χ2v) is 6.07. The van der Waals surface area contributed by atoms with Gasteiger partial charge in [0.25, 0.3) is 11.6 Å². The predicted octanol–water partition coefficient (Wildman–Crippen LogP) is 3.41. The van der Waals surface area contributed by atoms with Gasteiger partial charge >= 0.3 is 0 Å². The number of nitrogens with zero attached hydrogens (tertiary/aromatic N) is 2. The number of hydrogen-bond acceptors (Lipinski definition) is 4. The highest BCUT2D eigenvalue weighted by Crippen LogP contribution is 2.31. The van der Waals surface area contributed by atoms with Crippen molar-refractivity contribution < 1.29 is 14.5 Å². The van der Waals surface area contributed by atoms with Crippen molar-refractivity contribution in [2.45, 2.75) is 13.3 Å². The molecule has 0 radical (unpaired) electrons. The summed E-state index contributed by atoms with van der Waals surface area (Å²) in [7, 11) is 0. The maximum atomic E-state index is 12.5. The molecule has 8 heteroatoms. The maximum Gasteiger partial charge on any atom is 0.282 e. The van der Waals surface area contributed by atoms with Gasteiger partial charge in [-0.05, 0) is 36.2 Å². The van der Waals surface area contributed by atoms with Gasteiger partial charge in [-0.15, -0.1) is 0 Å². The standard InChI is InChI=1S/C17H14ClN3O4/c1-10(22)20-7-6-11-2-4-13(9-16(11)20)19-17(23)14-8-12(18)3-5-15(14)21(24)25/h2-5,8-9H,6-7H2,1H3,(H,19,23). The lowest BCUT2D eigenvalue weighted by molar-refractivity contribution is -0.385. The van der Waals surface area contributed by atoms with Crippen LogP contribution in [0.25, 0.3) is 0 Å². The number of carbonyl (C=O) groups excluding carboxylic acids is 2. The molecule has 2 aromatic carbocycles. The Kier molecular flexibility index (Phi) is 4.41. The normalized spacial score (nSPS) is 12.6. The second-order valence-electron chi connectivity index (χ2n) is 5.64. The molecule has 0 fully saturated rings. The molecule has 2 aromatic rings. The van der Waals surface area contributed by atoms with Gasteiger partial charge in [-0.25, -0.2) is 0 Å². The van der Waals surface area contributed by atoms with Crippen molar-refractivity contribution in [3.05, 3.63) is 62.7 Å². The lowest BCUT2D eigenvalue weighted by Gasteiger charge is -2.16. The third kappa shape index (κ3) is 3.32. The van der Waals surface area contributed by atoms with Gasteiger partial charge in [-0.2, -0.15) is 0 Å². The Hall–Kier alpha value is -2.93. The monoisotopic (exact) mass is 359 g/mol. The van der Waals surface area contributed by atoms with Gasteiger partial charge in [0.05, 0.1) is 4.92 Å². The van der Waals surface area contributed by atoms with E-state index < -0.39 is 10.8 Å². The molecule has 0 bridgehead atoms. The quantitative estimate of drug-likeness (QED) is 0.671. The fourth-order valence-corrected chi connectivity index (χ4v) is 3.00. The molecule has 1 aliphatic rings. The summed E-state index contributed by atoms with van der Waals surface area (Å²) in [5.41, 5.74) is 1.76. The van der Waals surface area contributed by atoms with Crippen LogP contribution < -0.4 is 10.2 Å². The Morgan fingerprint density at radius 2 is 2.00 bits per heavy atom. The molecular formula is C17H14ClN3O4. The molecule has 25 heavy (non-hydrogen) atoms. The number of nitro benzene ring substituents is 1. The molecule has 7 nitrogen and oxygen atoms in total. The van der Waals surface area contributed by atoms with E-state index >= 15 is 0 Å². The summed E-state index contributed by atoms with van der Waals surface area (Å²) in [5.74, 6) is -0.714. The van der Waals surface area contributed by atoms with Crippen LogP contribution in [0.5, 0.6) is 0 Å². The number of halogens is 1. The Labute approximate surface area is 148 Å². The van der Waals surface area contributed by atoms with E-state index in [0.29, 0.717) is 12.2 Å². The molecule has 0 spiro atoms. The van der Waals surface area contributed by atoms with Gasteiger partial charge in [-0.1, -0.05) is 17.7 Å². The second kappa shape index (κ2) is 6.52. The van der Waals surface area contributed by atoms with E-state index in [1.54, 1.807) is 17.0 Å². The minimum atomic E-state index is -0.637. The van der Waals surface area contributed by atoms with Gasteiger partial charge < -0.3 is 10.2 Å². The molecule has 0 aliphatic carbocycles. The van der Waals surface area contributed by atoms with Crippen molar-refractivity contribution in [3.8, 4) is 0 Å². The Bertz CT molecular complexity index is 897. The van der Waals surface area contributed by atoms with Crippen molar-refractivity contribution >= 4 is 40.5 Å². The SMILES string of the molecule is CC(=O)N1CCc2ccc(NC(=O)c3cc(Cl)ccc3[N+](=O)[O-])cc21. The maximum absolute atomic E-state index is 12.5. The number of fused-ring (bicyclic) bond motifs is 1. The average Bonchev–Trinajstić information content (AvgIpc) is 2.97. The zero-order valence-corrected chi connectivity index (χ0v) is 14.0. The minimum Gasteiger partial charge on any atom is -0.322 e. The van der Waals surface area contributed by atoms with Crippen LogP contribution in [0.2, 0.25) is 5.02 Å². The lowest BCUT2D eigenvalue weighted by atomic mass is 10.1. The summed E-state index contributed by atoms with van der Waals surface area (Å²) in [5, 5.41) is 14.0. The number of rotatable bonds is 3. The van der Waals surface area contributed by atoms with Gasteiger partial charge in [0.1, 0.15) is 5.56 Å². The number of nitro groups is 1. The first-order valence-electron chi connectivity index (χ1n) is 7.53. The van der Waals surface area contributed by atoms with Crippen molar-refractivity contribution in [3.63, 3.8) is 0 Å². The van der Waals surface area contributed by atoms with E-state index in [9.17, 15) is 19.7 Å². The highest BCUT2D eigenvalue weighted by molar-refractivity contribution is 6.31. The van der Waals surface area contributed by atoms with Gasteiger partial charge in [-0.3, -0.25) is 19.7 Å². The fraction of sp³-hybridized carbons (Fsp3) is 0.176. The molecule has 3 rings (SSSR count). The summed E-state index contributed by atoms with van der Waals surface area (Å²) in [6.07, 6.45) is 0.753. The number of benzene rings is 2. The number of carbonyl (C=O) groups is 2. The van der Waals surface area contributed by atoms with Crippen LogP contribution in [0.3, 0.4) is 0 Å². The van der Waals surface area contributed by atoms with Crippen molar-refractivity contribution in [1.82, 2.24) is 0 Å². The predicted molar refractivity (Wildman–Crippen MR) is 94.2 cm³/mol. The van der Waals surface area contributed by atoms with Crippen LogP contribution in [0.4, 0.5) is 17.1 Å². The van der Waals surface area contributed by atoms with E-state index in [1.165, 1.54) is 25.1 Å². The molecule has 0 saturated carbocycles. The van der Waals surface area contributed by atoms with Crippen molar-refractivity contribution in [1.29, 1.82) is 0 Å². The van der Waals surface area contributed by atoms with Crippen LogP contribution in [-0.2, 0) is 11.2 Å².